The van der Waals surface area contributed by atoms with E-state index in [2.05, 4.69) is 19.2 Å². The second kappa shape index (κ2) is 38.5. The van der Waals surface area contributed by atoms with Gasteiger partial charge in [-0.05, 0) is 12.8 Å². The quantitative estimate of drug-likeness (QED) is 0.0409. The lowest BCUT2D eigenvalue weighted by Crippen LogP contribution is -2.53. The minimum atomic E-state index is -1.25. The highest BCUT2D eigenvalue weighted by Crippen LogP contribution is 2.17. The summed E-state index contributed by atoms with van der Waals surface area (Å²) in [6, 6.07) is -0.978. The molecule has 5 N–H and O–H groups in total. The van der Waals surface area contributed by atoms with E-state index in [9.17, 15) is 25.2 Å². The van der Waals surface area contributed by atoms with Crippen molar-refractivity contribution in [2.75, 3.05) is 6.61 Å². The van der Waals surface area contributed by atoms with Gasteiger partial charge in [0.1, 0.15) is 12.2 Å². The standard InChI is InChI=1S/C43H87NO5/c1-3-5-7-9-11-13-15-17-19-21-23-24-26-28-30-32-34-36-40(46)42(48)39(38-45)44-43(49)41(47)37-35-33-31-29-27-25-22-20-18-16-14-12-10-8-6-4-2/h39-42,45-48H,3-38H2,1-2H3,(H,44,49). The SMILES string of the molecule is CCCCCCCCCCCCCCCCCCCC(O)C(O)C(CO)NC(=O)C(O)CCCCCCCCCCCCCCCCCC. The number of nitrogens with one attached hydrogen (secondary N) is 1. The molecule has 0 heterocycles. The average Bonchev–Trinajstić information content (AvgIpc) is 3.11. The minimum absolute atomic E-state index is 0.375. The zero-order chi connectivity index (χ0) is 36.0. The molecule has 294 valence electrons. The van der Waals surface area contributed by atoms with E-state index in [-0.39, 0.29) is 0 Å². The molecule has 0 aliphatic rings. The number of unbranched alkanes of at least 4 members (excludes halogenated alkanes) is 31. The van der Waals surface area contributed by atoms with E-state index in [1.165, 1.54) is 173 Å². The first kappa shape index (κ1) is 48.3. The Labute approximate surface area is 305 Å². The summed E-state index contributed by atoms with van der Waals surface area (Å²) in [5.74, 6) is -0.580. The van der Waals surface area contributed by atoms with Crippen molar-refractivity contribution in [3.63, 3.8) is 0 Å². The van der Waals surface area contributed by atoms with Gasteiger partial charge in [-0.3, -0.25) is 4.79 Å². The molecule has 4 unspecified atom stereocenters. The van der Waals surface area contributed by atoms with Crippen LogP contribution in [-0.2, 0) is 4.79 Å². The number of aliphatic hydroxyl groups excluding tert-OH is 4. The lowest BCUT2D eigenvalue weighted by Gasteiger charge is -2.27. The molecule has 0 saturated carbocycles. The van der Waals surface area contributed by atoms with Crippen LogP contribution in [0.25, 0.3) is 0 Å². The summed E-state index contributed by atoms with van der Waals surface area (Å²) in [6.45, 7) is 4.06. The Bertz CT molecular complexity index is 662. The van der Waals surface area contributed by atoms with E-state index in [1.54, 1.807) is 0 Å². The van der Waals surface area contributed by atoms with Crippen molar-refractivity contribution in [2.45, 2.75) is 263 Å². The zero-order valence-corrected chi connectivity index (χ0v) is 33.0. The fraction of sp³-hybridized carbons (Fsp3) is 0.977. The van der Waals surface area contributed by atoms with Gasteiger partial charge in [0.15, 0.2) is 0 Å². The minimum Gasteiger partial charge on any atom is -0.394 e. The van der Waals surface area contributed by atoms with E-state index in [0.717, 1.165) is 38.5 Å². The van der Waals surface area contributed by atoms with Crippen molar-refractivity contribution < 1.29 is 25.2 Å². The van der Waals surface area contributed by atoms with Gasteiger partial charge in [-0.15, -0.1) is 0 Å². The predicted octanol–water partition coefficient (Wildman–Crippen LogP) is 11.2. The largest absolute Gasteiger partial charge is 0.394 e. The van der Waals surface area contributed by atoms with Crippen LogP contribution in [0.3, 0.4) is 0 Å². The van der Waals surface area contributed by atoms with Crippen molar-refractivity contribution in [2.24, 2.45) is 0 Å². The lowest BCUT2D eigenvalue weighted by molar-refractivity contribution is -0.132. The normalized spacial score (nSPS) is 14.2. The van der Waals surface area contributed by atoms with Gasteiger partial charge in [-0.2, -0.15) is 0 Å². The molecule has 0 aliphatic heterocycles. The Balaban J connectivity index is 3.71. The Morgan fingerprint density at radius 3 is 0.980 bits per heavy atom. The molecule has 0 spiro atoms. The topological polar surface area (TPSA) is 110 Å². The first-order valence-corrected chi connectivity index (χ1v) is 21.9. The van der Waals surface area contributed by atoms with Gasteiger partial charge >= 0.3 is 0 Å². The molecule has 0 aromatic carbocycles. The van der Waals surface area contributed by atoms with Crippen LogP contribution in [0.15, 0.2) is 0 Å². The van der Waals surface area contributed by atoms with Crippen LogP contribution in [0.4, 0.5) is 0 Å². The maximum absolute atomic E-state index is 12.5. The average molecular weight is 698 g/mol. The first-order valence-electron chi connectivity index (χ1n) is 21.9. The van der Waals surface area contributed by atoms with Crippen molar-refractivity contribution in [3.8, 4) is 0 Å². The van der Waals surface area contributed by atoms with Crippen molar-refractivity contribution in [3.05, 3.63) is 0 Å². The third kappa shape index (κ3) is 32.9. The molecule has 1 amide bonds. The third-order valence-electron chi connectivity index (χ3n) is 10.6. The molecule has 0 rings (SSSR count). The van der Waals surface area contributed by atoms with Crippen LogP contribution in [-0.4, -0.2) is 57.3 Å². The van der Waals surface area contributed by atoms with E-state index in [1.807, 2.05) is 0 Å². The van der Waals surface area contributed by atoms with Gasteiger partial charge in [0.2, 0.25) is 5.91 Å². The van der Waals surface area contributed by atoms with Crippen LogP contribution < -0.4 is 5.32 Å². The summed E-state index contributed by atoms with van der Waals surface area (Å²) < 4.78 is 0. The van der Waals surface area contributed by atoms with Gasteiger partial charge in [-0.1, -0.05) is 226 Å². The summed E-state index contributed by atoms with van der Waals surface area (Å²) in [5.41, 5.74) is 0. The highest BCUT2D eigenvalue weighted by atomic mass is 16.3. The molecule has 49 heavy (non-hydrogen) atoms. The highest BCUT2D eigenvalue weighted by Gasteiger charge is 2.28. The monoisotopic (exact) mass is 698 g/mol. The van der Waals surface area contributed by atoms with Gasteiger partial charge in [0, 0.05) is 0 Å². The molecule has 0 aliphatic carbocycles. The second-order valence-electron chi connectivity index (χ2n) is 15.4. The number of hydrogen-bond acceptors (Lipinski definition) is 5. The number of carbonyl (C=O) groups is 1. The van der Waals surface area contributed by atoms with Gasteiger partial charge in [0.25, 0.3) is 0 Å². The molecular formula is C43H87NO5. The van der Waals surface area contributed by atoms with Crippen LogP contribution in [0.5, 0.6) is 0 Å². The zero-order valence-electron chi connectivity index (χ0n) is 33.0. The number of carbonyl (C=O) groups excluding carboxylic acids is 1. The van der Waals surface area contributed by atoms with E-state index in [0.29, 0.717) is 12.8 Å². The smallest absolute Gasteiger partial charge is 0.249 e. The molecule has 0 bridgehead atoms. The number of rotatable bonds is 40. The molecule has 0 aromatic rings. The van der Waals surface area contributed by atoms with Crippen molar-refractivity contribution >= 4 is 5.91 Å². The summed E-state index contributed by atoms with van der Waals surface area (Å²) in [6.07, 6.45) is 39.8. The molecule has 6 heteroatoms. The number of amides is 1. The maximum Gasteiger partial charge on any atom is 0.249 e. The van der Waals surface area contributed by atoms with E-state index >= 15 is 0 Å². The molecule has 0 radical (unpaired) electrons. The molecule has 6 nitrogen and oxygen atoms in total. The lowest BCUT2D eigenvalue weighted by atomic mass is 9.99. The van der Waals surface area contributed by atoms with Crippen molar-refractivity contribution in [1.82, 2.24) is 5.32 Å². The Kier molecular flexibility index (Phi) is 38.0. The van der Waals surface area contributed by atoms with E-state index in [4.69, 9.17) is 0 Å². The second-order valence-corrected chi connectivity index (χ2v) is 15.4. The summed E-state index contributed by atoms with van der Waals surface area (Å²) >= 11 is 0. The van der Waals surface area contributed by atoms with Gasteiger partial charge < -0.3 is 25.7 Å². The van der Waals surface area contributed by atoms with Gasteiger partial charge in [0.05, 0.1) is 18.8 Å². The molecule has 0 saturated heterocycles. The van der Waals surface area contributed by atoms with Crippen LogP contribution in [0.2, 0.25) is 0 Å². The van der Waals surface area contributed by atoms with Crippen LogP contribution in [0, 0.1) is 0 Å². The fourth-order valence-electron chi connectivity index (χ4n) is 7.05. The summed E-state index contributed by atoms with van der Waals surface area (Å²) in [7, 11) is 0. The van der Waals surface area contributed by atoms with E-state index < -0.39 is 36.9 Å². The van der Waals surface area contributed by atoms with Crippen molar-refractivity contribution in [1.29, 1.82) is 0 Å². The molecular weight excluding hydrogens is 610 g/mol. The molecule has 0 fully saturated rings. The number of aliphatic hydroxyl groups is 4. The maximum atomic E-state index is 12.5. The van der Waals surface area contributed by atoms with Crippen LogP contribution in [0.1, 0.15) is 239 Å². The van der Waals surface area contributed by atoms with Gasteiger partial charge in [-0.25, -0.2) is 0 Å². The van der Waals surface area contributed by atoms with Crippen LogP contribution >= 0.6 is 0 Å². The Hall–Kier alpha value is -0.690. The first-order chi connectivity index (χ1) is 24.0. The number of hydrogen-bond donors (Lipinski definition) is 5. The predicted molar refractivity (Wildman–Crippen MR) is 210 cm³/mol. The summed E-state index contributed by atoms with van der Waals surface area (Å²) in [4.78, 5) is 12.5. The Morgan fingerprint density at radius 1 is 0.429 bits per heavy atom. The molecule has 4 atom stereocenters. The fourth-order valence-corrected chi connectivity index (χ4v) is 7.05. The third-order valence-corrected chi connectivity index (χ3v) is 10.6. The summed E-state index contributed by atoms with van der Waals surface area (Å²) in [5, 5.41) is 43.7. The highest BCUT2D eigenvalue weighted by molar-refractivity contribution is 5.80. The Morgan fingerprint density at radius 2 is 0.694 bits per heavy atom. The molecule has 0 aromatic heterocycles.